The maximum Gasteiger partial charge on any atom is 0.240 e. The Balaban J connectivity index is 4.08. The van der Waals surface area contributed by atoms with Crippen LogP contribution in [-0.2, 0) is 9.59 Å². The lowest BCUT2D eigenvalue weighted by Crippen LogP contribution is -2.44. The average Bonchev–Trinajstić information content (AvgIpc) is 1.98. The number of hydrogen-bond acceptors (Lipinski definition) is 2. The predicted octanol–water partition coefficient (Wildman–Crippen LogP) is -0.368. The Hall–Kier alpha value is -1.06. The lowest BCUT2D eigenvalue weighted by Gasteiger charge is -2.17. The van der Waals surface area contributed by atoms with E-state index in [1.807, 2.05) is 13.8 Å². The summed E-state index contributed by atoms with van der Waals surface area (Å²) in [4.78, 5) is 20.7. The summed E-state index contributed by atoms with van der Waals surface area (Å²) in [5.74, 6) is -0.385. The first kappa shape index (κ1) is 9.94. The molecule has 0 saturated heterocycles. The van der Waals surface area contributed by atoms with Gasteiger partial charge in [-0.3, -0.25) is 9.59 Å². The van der Waals surface area contributed by atoms with Crippen LogP contribution in [0.5, 0.6) is 0 Å². The van der Waals surface area contributed by atoms with Crippen molar-refractivity contribution < 1.29 is 9.59 Å². The molecule has 4 heteroatoms. The molecule has 0 bridgehead atoms. The molecule has 0 spiro atoms. The van der Waals surface area contributed by atoms with Crippen LogP contribution in [0.25, 0.3) is 0 Å². The van der Waals surface area contributed by atoms with Crippen LogP contribution in [0, 0.1) is 5.92 Å². The van der Waals surface area contributed by atoms with E-state index < -0.39 is 11.9 Å². The minimum atomic E-state index is -0.530. The van der Waals surface area contributed by atoms with Gasteiger partial charge in [-0.1, -0.05) is 20.3 Å². The second-order valence-electron chi connectivity index (χ2n) is 2.55. The predicted molar refractivity (Wildman–Crippen MR) is 41.6 cm³/mol. The Kier molecular flexibility index (Phi) is 4.26. The molecule has 0 radical (unpaired) electrons. The normalized spacial score (nSPS) is 15.1. The number of carbonyl (C=O) groups excluding carboxylic acids is 2. The lowest BCUT2D eigenvalue weighted by atomic mass is 9.99. The van der Waals surface area contributed by atoms with Gasteiger partial charge in [-0.2, -0.15) is 0 Å². The first-order valence-corrected chi connectivity index (χ1v) is 3.62. The molecule has 0 heterocycles. The summed E-state index contributed by atoms with van der Waals surface area (Å²) >= 11 is 0. The largest absolute Gasteiger partial charge is 0.368 e. The van der Waals surface area contributed by atoms with E-state index in [-0.39, 0.29) is 5.92 Å². The molecule has 0 aromatic carbocycles. The molecular formula is C7H14N2O2. The summed E-state index contributed by atoms with van der Waals surface area (Å²) in [6, 6.07) is -0.530. The zero-order valence-corrected chi connectivity index (χ0v) is 6.83. The van der Waals surface area contributed by atoms with Crippen molar-refractivity contribution in [2.45, 2.75) is 26.3 Å². The third kappa shape index (κ3) is 3.02. The number of amides is 2. The van der Waals surface area contributed by atoms with Gasteiger partial charge in [-0.05, 0) is 5.92 Å². The van der Waals surface area contributed by atoms with Gasteiger partial charge >= 0.3 is 0 Å². The van der Waals surface area contributed by atoms with Crippen molar-refractivity contribution in [1.82, 2.24) is 5.32 Å². The van der Waals surface area contributed by atoms with Crippen molar-refractivity contribution in [3.05, 3.63) is 0 Å². The number of nitrogens with one attached hydrogen (secondary N) is 1. The Labute approximate surface area is 66.1 Å². The van der Waals surface area contributed by atoms with E-state index in [4.69, 9.17) is 5.73 Å². The van der Waals surface area contributed by atoms with Crippen LogP contribution in [0.1, 0.15) is 20.3 Å². The van der Waals surface area contributed by atoms with Crippen molar-refractivity contribution in [3.8, 4) is 0 Å². The van der Waals surface area contributed by atoms with E-state index >= 15 is 0 Å². The standard InChI is InChI=1S/C7H14N2O2/c1-3-5(2)6(7(8)11)9-4-10/h4-6H,3H2,1-2H3,(H2,8,11)(H,9,10). The highest BCUT2D eigenvalue weighted by Gasteiger charge is 2.19. The quantitative estimate of drug-likeness (QED) is 0.536. The molecule has 0 aromatic heterocycles. The third-order valence-electron chi connectivity index (χ3n) is 1.77. The number of hydrogen-bond donors (Lipinski definition) is 2. The highest BCUT2D eigenvalue weighted by Crippen LogP contribution is 2.05. The maximum atomic E-state index is 10.7. The van der Waals surface area contributed by atoms with Gasteiger partial charge < -0.3 is 11.1 Å². The summed E-state index contributed by atoms with van der Waals surface area (Å²) in [6.07, 6.45) is 1.32. The van der Waals surface area contributed by atoms with E-state index in [1.165, 1.54) is 0 Å². The molecule has 0 rings (SSSR count). The van der Waals surface area contributed by atoms with Gasteiger partial charge in [-0.15, -0.1) is 0 Å². The number of nitrogens with two attached hydrogens (primary N) is 1. The molecule has 0 aromatic rings. The van der Waals surface area contributed by atoms with Crippen molar-refractivity contribution in [2.75, 3.05) is 0 Å². The summed E-state index contributed by atoms with van der Waals surface area (Å²) in [5, 5.41) is 2.38. The Bertz CT molecular complexity index is 147. The average molecular weight is 158 g/mol. The fourth-order valence-electron chi connectivity index (χ4n) is 0.836. The van der Waals surface area contributed by atoms with Gasteiger partial charge in [0.05, 0.1) is 0 Å². The van der Waals surface area contributed by atoms with Gasteiger partial charge in [-0.25, -0.2) is 0 Å². The Morgan fingerprint density at radius 2 is 2.27 bits per heavy atom. The fourth-order valence-corrected chi connectivity index (χ4v) is 0.836. The molecule has 0 fully saturated rings. The van der Waals surface area contributed by atoms with Crippen LogP contribution in [0.3, 0.4) is 0 Å². The van der Waals surface area contributed by atoms with Crippen LogP contribution < -0.4 is 11.1 Å². The highest BCUT2D eigenvalue weighted by atomic mass is 16.2. The molecule has 2 amide bonds. The Morgan fingerprint density at radius 3 is 2.55 bits per heavy atom. The van der Waals surface area contributed by atoms with Crippen LogP contribution in [0.15, 0.2) is 0 Å². The maximum absolute atomic E-state index is 10.7. The minimum Gasteiger partial charge on any atom is -0.368 e. The van der Waals surface area contributed by atoms with Gasteiger partial charge in [0, 0.05) is 0 Å². The number of carbonyl (C=O) groups is 2. The third-order valence-corrected chi connectivity index (χ3v) is 1.77. The molecule has 2 unspecified atom stereocenters. The summed E-state index contributed by atoms with van der Waals surface area (Å²) in [7, 11) is 0. The summed E-state index contributed by atoms with van der Waals surface area (Å²) in [6.45, 7) is 3.80. The molecule has 2 atom stereocenters. The summed E-state index contributed by atoms with van der Waals surface area (Å²) < 4.78 is 0. The van der Waals surface area contributed by atoms with Crippen molar-refractivity contribution in [3.63, 3.8) is 0 Å². The molecule has 0 saturated carbocycles. The van der Waals surface area contributed by atoms with E-state index in [2.05, 4.69) is 5.32 Å². The zero-order chi connectivity index (χ0) is 8.85. The number of rotatable bonds is 5. The van der Waals surface area contributed by atoms with Gasteiger partial charge in [0.1, 0.15) is 6.04 Å². The van der Waals surface area contributed by atoms with E-state index in [0.29, 0.717) is 6.41 Å². The van der Waals surface area contributed by atoms with Crippen molar-refractivity contribution in [2.24, 2.45) is 11.7 Å². The lowest BCUT2D eigenvalue weighted by molar-refractivity contribution is -0.123. The van der Waals surface area contributed by atoms with Crippen LogP contribution in [0.2, 0.25) is 0 Å². The van der Waals surface area contributed by atoms with Gasteiger partial charge in [0.25, 0.3) is 0 Å². The smallest absolute Gasteiger partial charge is 0.240 e. The second kappa shape index (κ2) is 4.71. The fraction of sp³-hybridized carbons (Fsp3) is 0.714. The molecule has 3 N–H and O–H groups in total. The van der Waals surface area contributed by atoms with Crippen LogP contribution >= 0.6 is 0 Å². The molecular weight excluding hydrogens is 144 g/mol. The summed E-state index contributed by atoms with van der Waals surface area (Å²) in [5.41, 5.74) is 5.04. The molecule has 4 nitrogen and oxygen atoms in total. The van der Waals surface area contributed by atoms with Gasteiger partial charge in [0.2, 0.25) is 12.3 Å². The van der Waals surface area contributed by atoms with Crippen LogP contribution in [-0.4, -0.2) is 18.4 Å². The molecule has 0 aliphatic heterocycles. The highest BCUT2D eigenvalue weighted by molar-refractivity contribution is 5.82. The SMILES string of the molecule is CCC(C)C(NC=O)C(N)=O. The van der Waals surface area contributed by atoms with Crippen LogP contribution in [0.4, 0.5) is 0 Å². The van der Waals surface area contributed by atoms with E-state index in [9.17, 15) is 9.59 Å². The van der Waals surface area contributed by atoms with Gasteiger partial charge in [0.15, 0.2) is 0 Å². The van der Waals surface area contributed by atoms with E-state index in [1.54, 1.807) is 0 Å². The number of primary amides is 1. The van der Waals surface area contributed by atoms with Crippen molar-refractivity contribution >= 4 is 12.3 Å². The topological polar surface area (TPSA) is 72.2 Å². The monoisotopic (exact) mass is 158 g/mol. The first-order valence-electron chi connectivity index (χ1n) is 3.62. The second-order valence-corrected chi connectivity index (χ2v) is 2.55. The first-order chi connectivity index (χ1) is 5.13. The Morgan fingerprint density at radius 1 is 1.73 bits per heavy atom. The zero-order valence-electron chi connectivity index (χ0n) is 6.83. The molecule has 0 aliphatic carbocycles. The molecule has 64 valence electrons. The molecule has 0 aliphatic rings. The van der Waals surface area contributed by atoms with Crippen molar-refractivity contribution in [1.29, 1.82) is 0 Å². The minimum absolute atomic E-state index is 0.0951. The van der Waals surface area contributed by atoms with E-state index in [0.717, 1.165) is 6.42 Å². The molecule has 11 heavy (non-hydrogen) atoms.